The molecule has 0 aliphatic carbocycles. The Hall–Kier alpha value is -1.58. The van der Waals surface area contributed by atoms with E-state index in [4.69, 9.17) is 23.2 Å². The van der Waals surface area contributed by atoms with Gasteiger partial charge in [-0.2, -0.15) is 0 Å². The van der Waals surface area contributed by atoms with E-state index in [-0.39, 0.29) is 16.2 Å². The minimum atomic E-state index is -0.261. The van der Waals surface area contributed by atoms with E-state index in [0.717, 1.165) is 16.8 Å². The number of carbonyl (C=O) groups excluding carboxylic acids is 1. The SMILES string of the molecule is Cc1cccc(C)c1NC(=O)c1cc(Cl)nc(Cl)c1. The number of aryl methyl sites for hydroxylation is 2. The Morgan fingerprint density at radius 1 is 1.11 bits per heavy atom. The van der Waals surface area contributed by atoms with Gasteiger partial charge in [-0.25, -0.2) is 4.98 Å². The molecule has 0 spiro atoms. The Kier molecular flexibility index (Phi) is 4.08. The maximum atomic E-state index is 12.2. The fourth-order valence-corrected chi connectivity index (χ4v) is 2.25. The van der Waals surface area contributed by atoms with E-state index in [1.54, 1.807) is 0 Å². The number of nitrogens with one attached hydrogen (secondary N) is 1. The van der Waals surface area contributed by atoms with Gasteiger partial charge >= 0.3 is 0 Å². The van der Waals surface area contributed by atoms with Gasteiger partial charge in [-0.3, -0.25) is 4.79 Å². The molecule has 0 saturated heterocycles. The molecule has 0 aliphatic rings. The van der Waals surface area contributed by atoms with Crippen LogP contribution in [0, 0.1) is 13.8 Å². The van der Waals surface area contributed by atoms with Gasteiger partial charge in [0, 0.05) is 11.3 Å². The molecule has 0 bridgehead atoms. The second kappa shape index (κ2) is 5.59. The molecule has 19 heavy (non-hydrogen) atoms. The summed E-state index contributed by atoms with van der Waals surface area (Å²) < 4.78 is 0. The first-order valence-corrected chi connectivity index (χ1v) is 6.43. The Morgan fingerprint density at radius 2 is 1.63 bits per heavy atom. The lowest BCUT2D eigenvalue weighted by molar-refractivity contribution is 0.102. The second-order valence-corrected chi connectivity index (χ2v) is 5.00. The Morgan fingerprint density at radius 3 is 2.16 bits per heavy atom. The van der Waals surface area contributed by atoms with Crippen molar-refractivity contribution >= 4 is 34.8 Å². The molecule has 3 nitrogen and oxygen atoms in total. The van der Waals surface area contributed by atoms with E-state index in [2.05, 4.69) is 10.3 Å². The summed E-state index contributed by atoms with van der Waals surface area (Å²) in [5, 5.41) is 3.25. The summed E-state index contributed by atoms with van der Waals surface area (Å²) in [6.45, 7) is 3.88. The van der Waals surface area contributed by atoms with Gasteiger partial charge in [0.25, 0.3) is 5.91 Å². The largest absolute Gasteiger partial charge is 0.322 e. The average Bonchev–Trinajstić information content (AvgIpc) is 2.32. The molecular formula is C14H12Cl2N2O. The lowest BCUT2D eigenvalue weighted by Gasteiger charge is -2.11. The maximum absolute atomic E-state index is 12.2. The molecule has 98 valence electrons. The minimum absolute atomic E-state index is 0.194. The molecule has 0 fully saturated rings. The summed E-state index contributed by atoms with van der Waals surface area (Å²) in [4.78, 5) is 16.0. The van der Waals surface area contributed by atoms with Gasteiger partial charge in [-0.05, 0) is 37.1 Å². The molecule has 0 aliphatic heterocycles. The number of nitrogens with zero attached hydrogens (tertiary/aromatic N) is 1. The van der Waals surface area contributed by atoms with Gasteiger partial charge in [-0.1, -0.05) is 41.4 Å². The number of amides is 1. The fourth-order valence-electron chi connectivity index (χ4n) is 1.79. The lowest BCUT2D eigenvalue weighted by atomic mass is 10.1. The van der Waals surface area contributed by atoms with E-state index in [1.807, 2.05) is 32.0 Å². The van der Waals surface area contributed by atoms with E-state index < -0.39 is 0 Å². The summed E-state index contributed by atoms with van der Waals surface area (Å²) in [5.41, 5.74) is 3.18. The molecule has 0 unspecified atom stereocenters. The van der Waals surface area contributed by atoms with Crippen LogP contribution in [0.2, 0.25) is 10.3 Å². The van der Waals surface area contributed by atoms with Gasteiger partial charge in [-0.15, -0.1) is 0 Å². The normalized spacial score (nSPS) is 10.3. The number of anilines is 1. The number of benzene rings is 1. The Labute approximate surface area is 121 Å². The predicted octanol–water partition coefficient (Wildman–Crippen LogP) is 4.26. The second-order valence-electron chi connectivity index (χ2n) is 4.22. The molecule has 5 heteroatoms. The third-order valence-electron chi connectivity index (χ3n) is 2.74. The van der Waals surface area contributed by atoms with Crippen LogP contribution in [0.4, 0.5) is 5.69 Å². The number of rotatable bonds is 2. The zero-order chi connectivity index (χ0) is 14.0. The standard InChI is InChI=1S/C14H12Cl2N2O/c1-8-4-3-5-9(2)13(8)18-14(19)10-6-11(15)17-12(16)7-10/h3-7H,1-2H3,(H,18,19). The molecular weight excluding hydrogens is 283 g/mol. The van der Waals surface area contributed by atoms with Crippen molar-refractivity contribution < 1.29 is 4.79 Å². The number of hydrogen-bond acceptors (Lipinski definition) is 2. The molecule has 1 N–H and O–H groups in total. The molecule has 2 rings (SSSR count). The molecule has 2 aromatic rings. The minimum Gasteiger partial charge on any atom is -0.322 e. The summed E-state index contributed by atoms with van der Waals surface area (Å²) in [5.74, 6) is -0.261. The van der Waals surface area contributed by atoms with Crippen molar-refractivity contribution in [1.82, 2.24) is 4.98 Å². The molecule has 0 saturated carbocycles. The van der Waals surface area contributed by atoms with Crippen molar-refractivity contribution in [3.05, 3.63) is 57.3 Å². The highest BCUT2D eigenvalue weighted by Crippen LogP contribution is 2.21. The predicted molar refractivity (Wildman–Crippen MR) is 78.1 cm³/mol. The smallest absolute Gasteiger partial charge is 0.255 e. The third kappa shape index (κ3) is 3.25. The van der Waals surface area contributed by atoms with Crippen LogP contribution in [0.15, 0.2) is 30.3 Å². The van der Waals surface area contributed by atoms with Gasteiger partial charge in [0.05, 0.1) is 0 Å². The first kappa shape index (κ1) is 13.8. The van der Waals surface area contributed by atoms with Crippen LogP contribution in [0.3, 0.4) is 0 Å². The summed E-state index contributed by atoms with van der Waals surface area (Å²) >= 11 is 11.6. The lowest BCUT2D eigenvalue weighted by Crippen LogP contribution is -2.14. The van der Waals surface area contributed by atoms with E-state index in [1.165, 1.54) is 12.1 Å². The number of hydrogen-bond donors (Lipinski definition) is 1. The van der Waals surface area contributed by atoms with Crippen molar-refractivity contribution in [2.75, 3.05) is 5.32 Å². The molecule has 1 amide bonds. The van der Waals surface area contributed by atoms with Crippen LogP contribution < -0.4 is 5.32 Å². The van der Waals surface area contributed by atoms with Crippen LogP contribution in [0.25, 0.3) is 0 Å². The third-order valence-corrected chi connectivity index (χ3v) is 3.13. The van der Waals surface area contributed by atoms with Crippen molar-refractivity contribution in [2.45, 2.75) is 13.8 Å². The van der Waals surface area contributed by atoms with Crippen molar-refractivity contribution in [2.24, 2.45) is 0 Å². The first-order chi connectivity index (χ1) is 8.97. The van der Waals surface area contributed by atoms with E-state index >= 15 is 0 Å². The van der Waals surface area contributed by atoms with Crippen LogP contribution >= 0.6 is 23.2 Å². The van der Waals surface area contributed by atoms with E-state index in [9.17, 15) is 4.79 Å². The van der Waals surface area contributed by atoms with Crippen LogP contribution in [0.1, 0.15) is 21.5 Å². The number of aromatic nitrogens is 1. The Balaban J connectivity index is 2.31. The van der Waals surface area contributed by atoms with Crippen LogP contribution in [0.5, 0.6) is 0 Å². The highest BCUT2D eigenvalue weighted by atomic mass is 35.5. The monoisotopic (exact) mass is 294 g/mol. The zero-order valence-corrected chi connectivity index (χ0v) is 12.0. The quantitative estimate of drug-likeness (QED) is 0.841. The summed E-state index contributed by atoms with van der Waals surface area (Å²) in [7, 11) is 0. The average molecular weight is 295 g/mol. The number of para-hydroxylation sites is 1. The molecule has 0 radical (unpaired) electrons. The highest BCUT2D eigenvalue weighted by molar-refractivity contribution is 6.33. The number of carbonyl (C=O) groups is 1. The molecule has 0 atom stereocenters. The van der Waals surface area contributed by atoms with Gasteiger partial charge in [0.1, 0.15) is 10.3 Å². The molecule has 1 heterocycles. The maximum Gasteiger partial charge on any atom is 0.255 e. The van der Waals surface area contributed by atoms with Crippen molar-refractivity contribution in [3.63, 3.8) is 0 Å². The molecule has 1 aromatic heterocycles. The number of pyridine rings is 1. The fraction of sp³-hybridized carbons (Fsp3) is 0.143. The van der Waals surface area contributed by atoms with E-state index in [0.29, 0.717) is 5.56 Å². The molecule has 1 aromatic carbocycles. The number of halogens is 2. The van der Waals surface area contributed by atoms with Gasteiger partial charge in [0.2, 0.25) is 0 Å². The topological polar surface area (TPSA) is 42.0 Å². The van der Waals surface area contributed by atoms with Crippen LogP contribution in [-0.2, 0) is 0 Å². The summed E-state index contributed by atoms with van der Waals surface area (Å²) in [6, 6.07) is 8.79. The summed E-state index contributed by atoms with van der Waals surface area (Å²) in [6.07, 6.45) is 0. The van der Waals surface area contributed by atoms with Gasteiger partial charge < -0.3 is 5.32 Å². The highest BCUT2D eigenvalue weighted by Gasteiger charge is 2.11. The van der Waals surface area contributed by atoms with Crippen molar-refractivity contribution in [1.29, 1.82) is 0 Å². The van der Waals surface area contributed by atoms with Crippen LogP contribution in [-0.4, -0.2) is 10.9 Å². The zero-order valence-electron chi connectivity index (χ0n) is 10.5. The first-order valence-electron chi connectivity index (χ1n) is 5.68. The Bertz CT molecular complexity index is 601. The van der Waals surface area contributed by atoms with Crippen molar-refractivity contribution in [3.8, 4) is 0 Å². The van der Waals surface area contributed by atoms with Gasteiger partial charge in [0.15, 0.2) is 0 Å².